The van der Waals surface area contributed by atoms with E-state index in [-0.39, 0.29) is 5.92 Å². The molecule has 1 aliphatic heterocycles. The van der Waals surface area contributed by atoms with Gasteiger partial charge >= 0.3 is 0 Å². The van der Waals surface area contributed by atoms with Crippen LogP contribution in [0.15, 0.2) is 42.5 Å². The van der Waals surface area contributed by atoms with Crippen molar-refractivity contribution in [1.29, 1.82) is 0 Å². The van der Waals surface area contributed by atoms with Crippen LogP contribution in [-0.4, -0.2) is 35.8 Å². The first-order valence-corrected chi connectivity index (χ1v) is 8.84. The normalized spacial score (nSPS) is 14.3. The van der Waals surface area contributed by atoms with Crippen molar-refractivity contribution in [2.45, 2.75) is 19.9 Å². The zero-order valence-electron chi connectivity index (χ0n) is 15.2. The maximum absolute atomic E-state index is 12.9. The van der Waals surface area contributed by atoms with Gasteiger partial charge in [0, 0.05) is 5.69 Å². The number of carbonyl (C=O) groups is 3. The molecular weight excluding hydrogens is 368 g/mol. The summed E-state index contributed by atoms with van der Waals surface area (Å²) in [6.07, 6.45) is 0. The van der Waals surface area contributed by atoms with Crippen molar-refractivity contribution < 1.29 is 19.1 Å². The molecule has 2 aromatic rings. The number of nitrogens with zero attached hydrogens (tertiary/aromatic N) is 1. The van der Waals surface area contributed by atoms with Crippen molar-refractivity contribution in [2.75, 3.05) is 12.4 Å². The molecule has 0 saturated carbocycles. The fourth-order valence-corrected chi connectivity index (χ4v) is 3.40. The smallest absolute Gasteiger partial charge is 0.262 e. The van der Waals surface area contributed by atoms with Crippen LogP contribution in [0.2, 0.25) is 5.02 Å². The van der Waals surface area contributed by atoms with Gasteiger partial charge in [-0.05, 0) is 36.2 Å². The summed E-state index contributed by atoms with van der Waals surface area (Å²) < 4.78 is 5.09. The Morgan fingerprint density at radius 3 is 2.15 bits per heavy atom. The maximum atomic E-state index is 12.9. The third-order valence-electron chi connectivity index (χ3n) is 4.42. The molecule has 140 valence electrons. The molecule has 0 fully saturated rings. The molecule has 0 bridgehead atoms. The Bertz CT molecular complexity index is 891. The number of halogens is 1. The molecule has 1 atom stereocenters. The number of anilines is 1. The van der Waals surface area contributed by atoms with Crippen molar-refractivity contribution in [2.24, 2.45) is 5.92 Å². The Kier molecular flexibility index (Phi) is 5.19. The van der Waals surface area contributed by atoms with Crippen LogP contribution in [-0.2, 0) is 4.79 Å². The number of rotatable bonds is 5. The Hall–Kier alpha value is -2.86. The number of methoxy groups -OCH3 is 1. The number of carbonyl (C=O) groups excluding carboxylic acids is 3. The predicted octanol–water partition coefficient (Wildman–Crippen LogP) is 3.61. The van der Waals surface area contributed by atoms with Crippen LogP contribution in [0.5, 0.6) is 5.75 Å². The van der Waals surface area contributed by atoms with Crippen LogP contribution in [0.3, 0.4) is 0 Å². The molecule has 0 aromatic heterocycles. The second-order valence-corrected chi connectivity index (χ2v) is 6.96. The third kappa shape index (κ3) is 3.40. The lowest BCUT2D eigenvalue weighted by molar-refractivity contribution is -0.121. The van der Waals surface area contributed by atoms with Gasteiger partial charge in [-0.2, -0.15) is 0 Å². The highest BCUT2D eigenvalue weighted by molar-refractivity contribution is 6.32. The van der Waals surface area contributed by atoms with E-state index < -0.39 is 23.8 Å². The molecule has 1 aliphatic rings. The molecule has 0 saturated heterocycles. The van der Waals surface area contributed by atoms with E-state index in [0.717, 1.165) is 4.90 Å². The summed E-state index contributed by atoms with van der Waals surface area (Å²) in [5.74, 6) is -1.17. The molecule has 2 aromatic carbocycles. The van der Waals surface area contributed by atoms with Gasteiger partial charge in [0.1, 0.15) is 11.8 Å². The van der Waals surface area contributed by atoms with Crippen molar-refractivity contribution in [3.63, 3.8) is 0 Å². The topological polar surface area (TPSA) is 75.7 Å². The number of imide groups is 1. The van der Waals surface area contributed by atoms with E-state index in [2.05, 4.69) is 5.32 Å². The molecular formula is C20H19ClN2O4. The van der Waals surface area contributed by atoms with Gasteiger partial charge in [-0.25, -0.2) is 0 Å². The minimum absolute atomic E-state index is 0.277. The van der Waals surface area contributed by atoms with E-state index in [1.54, 1.807) is 56.3 Å². The lowest BCUT2D eigenvalue weighted by Crippen LogP contribution is -2.50. The average molecular weight is 387 g/mol. The van der Waals surface area contributed by atoms with Crippen LogP contribution >= 0.6 is 11.6 Å². The lowest BCUT2D eigenvalue weighted by atomic mass is 10.0. The van der Waals surface area contributed by atoms with Crippen molar-refractivity contribution in [3.8, 4) is 5.75 Å². The molecule has 3 amide bonds. The molecule has 0 radical (unpaired) electrons. The van der Waals surface area contributed by atoms with E-state index in [1.807, 2.05) is 0 Å². The van der Waals surface area contributed by atoms with E-state index in [9.17, 15) is 14.4 Å². The summed E-state index contributed by atoms with van der Waals surface area (Å²) in [6.45, 7) is 3.57. The summed E-state index contributed by atoms with van der Waals surface area (Å²) in [5.41, 5.74) is 1.08. The summed E-state index contributed by atoms with van der Waals surface area (Å²) >= 11 is 6.09. The maximum Gasteiger partial charge on any atom is 0.262 e. The quantitative estimate of drug-likeness (QED) is 0.796. The first-order chi connectivity index (χ1) is 12.8. The first kappa shape index (κ1) is 18.9. The number of fused-ring (bicyclic) bond motifs is 1. The fourth-order valence-electron chi connectivity index (χ4n) is 3.14. The van der Waals surface area contributed by atoms with Gasteiger partial charge in [0.05, 0.1) is 23.3 Å². The largest absolute Gasteiger partial charge is 0.495 e. The van der Waals surface area contributed by atoms with Crippen molar-refractivity contribution in [3.05, 3.63) is 58.6 Å². The molecule has 1 N–H and O–H groups in total. The molecule has 6 nitrogen and oxygen atoms in total. The van der Waals surface area contributed by atoms with E-state index in [0.29, 0.717) is 27.6 Å². The number of amides is 3. The number of hydrogen-bond donors (Lipinski definition) is 1. The van der Waals surface area contributed by atoms with Gasteiger partial charge < -0.3 is 10.1 Å². The van der Waals surface area contributed by atoms with Crippen LogP contribution in [0.1, 0.15) is 34.6 Å². The third-order valence-corrected chi connectivity index (χ3v) is 4.72. The van der Waals surface area contributed by atoms with Crippen LogP contribution < -0.4 is 10.1 Å². The van der Waals surface area contributed by atoms with E-state index in [4.69, 9.17) is 16.3 Å². The fraction of sp³-hybridized carbons (Fsp3) is 0.250. The van der Waals surface area contributed by atoms with Gasteiger partial charge in [0.15, 0.2) is 0 Å². The Morgan fingerprint density at radius 2 is 1.67 bits per heavy atom. The lowest BCUT2D eigenvalue weighted by Gasteiger charge is -2.28. The van der Waals surface area contributed by atoms with Gasteiger partial charge in [0.2, 0.25) is 5.91 Å². The molecule has 0 spiro atoms. The van der Waals surface area contributed by atoms with Gasteiger partial charge in [-0.1, -0.05) is 37.6 Å². The van der Waals surface area contributed by atoms with Crippen LogP contribution in [0, 0.1) is 5.92 Å². The average Bonchev–Trinajstić information content (AvgIpc) is 2.87. The van der Waals surface area contributed by atoms with Crippen LogP contribution in [0.25, 0.3) is 0 Å². The number of benzene rings is 2. The highest BCUT2D eigenvalue weighted by atomic mass is 35.5. The van der Waals surface area contributed by atoms with Crippen molar-refractivity contribution >= 4 is 35.0 Å². The summed E-state index contributed by atoms with van der Waals surface area (Å²) in [5, 5.41) is 3.08. The minimum atomic E-state index is -0.946. The Labute approximate surface area is 162 Å². The monoisotopic (exact) mass is 386 g/mol. The molecule has 0 aliphatic carbocycles. The van der Waals surface area contributed by atoms with Crippen molar-refractivity contribution in [1.82, 2.24) is 4.90 Å². The number of hydrogen-bond acceptors (Lipinski definition) is 4. The summed E-state index contributed by atoms with van der Waals surface area (Å²) in [6, 6.07) is 10.4. The zero-order chi connectivity index (χ0) is 19.7. The molecule has 7 heteroatoms. The number of nitrogens with one attached hydrogen (secondary N) is 1. The Balaban J connectivity index is 1.88. The minimum Gasteiger partial charge on any atom is -0.495 e. The number of ether oxygens (including phenoxy) is 1. The first-order valence-electron chi connectivity index (χ1n) is 8.46. The molecule has 1 unspecified atom stereocenters. The highest BCUT2D eigenvalue weighted by Crippen LogP contribution is 2.30. The Morgan fingerprint density at radius 1 is 1.07 bits per heavy atom. The second-order valence-electron chi connectivity index (χ2n) is 6.55. The highest BCUT2D eigenvalue weighted by Gasteiger charge is 2.43. The SMILES string of the molecule is COc1ccc(NC(=O)C(C(C)C)N2C(=O)c3ccccc3C2=O)cc1Cl. The predicted molar refractivity (Wildman–Crippen MR) is 102 cm³/mol. The zero-order valence-corrected chi connectivity index (χ0v) is 15.9. The van der Waals surface area contributed by atoms with Gasteiger partial charge in [-0.15, -0.1) is 0 Å². The van der Waals surface area contributed by atoms with Crippen LogP contribution in [0.4, 0.5) is 5.69 Å². The molecule has 27 heavy (non-hydrogen) atoms. The standard InChI is InChI=1S/C20H19ClN2O4/c1-11(2)17(18(24)22-12-8-9-16(27-3)15(21)10-12)23-19(25)13-6-4-5-7-14(13)20(23)26/h4-11,17H,1-3H3,(H,22,24). The molecule has 1 heterocycles. The van der Waals surface area contributed by atoms with Gasteiger partial charge in [-0.3, -0.25) is 19.3 Å². The summed E-state index contributed by atoms with van der Waals surface area (Å²) in [4.78, 5) is 39.4. The van der Waals surface area contributed by atoms with Gasteiger partial charge in [0.25, 0.3) is 11.8 Å². The summed E-state index contributed by atoms with van der Waals surface area (Å²) in [7, 11) is 1.50. The molecule has 3 rings (SSSR count). The second kappa shape index (κ2) is 7.40. The van der Waals surface area contributed by atoms with E-state index in [1.165, 1.54) is 7.11 Å². The van der Waals surface area contributed by atoms with E-state index >= 15 is 0 Å².